The van der Waals surface area contributed by atoms with E-state index in [1.165, 1.54) is 17.4 Å². The quantitative estimate of drug-likeness (QED) is 0.326. The molecule has 4 aromatic rings. The van der Waals surface area contributed by atoms with Crippen LogP contribution in [0, 0.1) is 26.6 Å². The van der Waals surface area contributed by atoms with Crippen molar-refractivity contribution >= 4 is 34.0 Å². The Morgan fingerprint density at radius 1 is 1.09 bits per heavy atom. The van der Waals surface area contributed by atoms with Gasteiger partial charge in [0.05, 0.1) is 16.3 Å². The number of H-pyrrole nitrogens is 1. The number of fused-ring (bicyclic) bond motifs is 1. The molecule has 0 saturated heterocycles. The molecule has 0 unspecified atom stereocenters. The second kappa shape index (κ2) is 8.38. The minimum absolute atomic E-state index is 0.218. The topological polar surface area (TPSA) is 112 Å². The fourth-order valence-electron chi connectivity index (χ4n) is 4.07. The first kappa shape index (κ1) is 21.8. The monoisotopic (exact) mass is 476 g/mol. The number of imidazole rings is 1. The molecule has 0 atom stereocenters. The Hall–Kier alpha value is -4.05. The smallest absolute Gasteiger partial charge is 0.324 e. The van der Waals surface area contributed by atoms with E-state index in [0.717, 1.165) is 16.4 Å². The van der Waals surface area contributed by atoms with Gasteiger partial charge in [0.25, 0.3) is 5.91 Å². The lowest BCUT2D eigenvalue weighted by atomic mass is 9.92. The highest BCUT2D eigenvalue weighted by molar-refractivity contribution is 7.16. The number of aromatic amines is 1. The molecule has 5 rings (SSSR count). The number of aryl methyl sites for hydroxylation is 3. The van der Waals surface area contributed by atoms with Crippen molar-refractivity contribution in [3.8, 4) is 22.5 Å². The maximum Gasteiger partial charge on any atom is 0.324 e. The minimum Gasteiger partial charge on any atom is -0.348 e. The van der Waals surface area contributed by atoms with Crippen LogP contribution >= 0.6 is 11.3 Å². The number of thiazole rings is 1. The SMILES string of the molecule is Cc1cnc(-c2ccc(-c3ccc(NC(=O)Nc4sc(C)nc4C)cc3F)c3c2C(=O)NC3)[nH]1. The molecule has 0 saturated carbocycles. The van der Waals surface area contributed by atoms with Crippen molar-refractivity contribution in [3.05, 3.63) is 69.9 Å². The van der Waals surface area contributed by atoms with Crippen LogP contribution in [0.3, 0.4) is 0 Å². The van der Waals surface area contributed by atoms with Crippen LogP contribution in [0.15, 0.2) is 36.5 Å². The number of carbonyl (C=O) groups excluding carboxylic acids is 2. The number of aromatic nitrogens is 3. The molecule has 0 radical (unpaired) electrons. The fraction of sp³-hybridized carbons (Fsp3) is 0.167. The van der Waals surface area contributed by atoms with Crippen LogP contribution in [0.2, 0.25) is 0 Å². The highest BCUT2D eigenvalue weighted by Crippen LogP contribution is 2.37. The molecule has 3 heterocycles. The molecule has 2 aromatic carbocycles. The maximum atomic E-state index is 15.2. The van der Waals surface area contributed by atoms with Crippen molar-refractivity contribution in [1.82, 2.24) is 20.3 Å². The first-order valence-electron chi connectivity index (χ1n) is 10.6. The summed E-state index contributed by atoms with van der Waals surface area (Å²) in [5.41, 5.74) is 4.75. The van der Waals surface area contributed by atoms with E-state index in [1.807, 2.05) is 20.8 Å². The average molecular weight is 477 g/mol. The number of halogens is 1. The lowest BCUT2D eigenvalue weighted by molar-refractivity contribution is 0.0966. The molecule has 172 valence electrons. The van der Waals surface area contributed by atoms with Crippen molar-refractivity contribution in [2.45, 2.75) is 27.3 Å². The molecule has 10 heteroatoms. The Bertz CT molecular complexity index is 1460. The number of nitrogens with zero attached hydrogens (tertiary/aromatic N) is 2. The van der Waals surface area contributed by atoms with Gasteiger partial charge < -0.3 is 15.6 Å². The summed E-state index contributed by atoms with van der Waals surface area (Å²) in [6, 6.07) is 7.58. The van der Waals surface area contributed by atoms with E-state index in [9.17, 15) is 9.59 Å². The third-order valence-corrected chi connectivity index (χ3v) is 6.56. The number of hydrogen-bond donors (Lipinski definition) is 4. The summed E-state index contributed by atoms with van der Waals surface area (Å²) in [6.45, 7) is 5.85. The van der Waals surface area contributed by atoms with E-state index >= 15 is 4.39 Å². The predicted molar refractivity (Wildman–Crippen MR) is 130 cm³/mol. The van der Waals surface area contributed by atoms with Gasteiger partial charge in [0.2, 0.25) is 0 Å². The number of amides is 3. The van der Waals surface area contributed by atoms with Crippen LogP contribution in [0.5, 0.6) is 0 Å². The Labute approximate surface area is 198 Å². The number of rotatable bonds is 4. The van der Waals surface area contributed by atoms with Crippen LogP contribution in [-0.4, -0.2) is 26.9 Å². The number of hydrogen-bond acceptors (Lipinski definition) is 5. The summed E-state index contributed by atoms with van der Waals surface area (Å²) in [4.78, 5) is 36.7. The van der Waals surface area contributed by atoms with Gasteiger partial charge in [-0.05, 0) is 56.2 Å². The van der Waals surface area contributed by atoms with Crippen LogP contribution in [0.1, 0.15) is 32.3 Å². The van der Waals surface area contributed by atoms with E-state index in [1.54, 1.807) is 30.5 Å². The van der Waals surface area contributed by atoms with Crippen molar-refractivity contribution < 1.29 is 14.0 Å². The molecule has 0 bridgehead atoms. The number of anilines is 2. The third kappa shape index (κ3) is 3.92. The number of carbonyl (C=O) groups is 2. The van der Waals surface area contributed by atoms with E-state index in [2.05, 4.69) is 30.9 Å². The lowest BCUT2D eigenvalue weighted by Crippen LogP contribution is -2.19. The molecule has 0 spiro atoms. The van der Waals surface area contributed by atoms with Gasteiger partial charge in [-0.1, -0.05) is 6.07 Å². The van der Waals surface area contributed by atoms with Gasteiger partial charge in [0, 0.05) is 35.2 Å². The summed E-state index contributed by atoms with van der Waals surface area (Å²) in [7, 11) is 0. The van der Waals surface area contributed by atoms with Crippen molar-refractivity contribution in [2.24, 2.45) is 0 Å². The second-order valence-corrected chi connectivity index (χ2v) is 9.24. The molecular formula is C24H21FN6O2S. The Morgan fingerprint density at radius 3 is 2.53 bits per heavy atom. The molecule has 34 heavy (non-hydrogen) atoms. The molecule has 4 N–H and O–H groups in total. The number of urea groups is 1. The summed E-state index contributed by atoms with van der Waals surface area (Å²) >= 11 is 1.37. The standard InChI is InChI=1S/C24H21FN6O2S/c1-11-9-26-21(28-11)17-7-6-15(18-10-27-22(32)20(17)18)16-5-4-14(8-19(16)25)30-24(33)31-23-12(2)29-13(3)34-23/h4-9H,10H2,1-3H3,(H,26,28)(H,27,32)(H2,30,31,33). The van der Waals surface area contributed by atoms with E-state index in [4.69, 9.17) is 0 Å². The number of benzene rings is 2. The normalized spacial score (nSPS) is 12.4. The molecule has 1 aliphatic heterocycles. The molecule has 2 aromatic heterocycles. The summed E-state index contributed by atoms with van der Waals surface area (Å²) in [5.74, 6) is -0.134. The summed E-state index contributed by atoms with van der Waals surface area (Å²) < 4.78 is 15.2. The highest BCUT2D eigenvalue weighted by atomic mass is 32.1. The van der Waals surface area contributed by atoms with Crippen molar-refractivity contribution in [3.63, 3.8) is 0 Å². The van der Waals surface area contributed by atoms with Gasteiger partial charge in [-0.15, -0.1) is 11.3 Å². The Kier molecular flexibility index (Phi) is 5.37. The van der Waals surface area contributed by atoms with E-state index in [0.29, 0.717) is 50.9 Å². The molecule has 3 amide bonds. The average Bonchev–Trinajstić information content (AvgIpc) is 3.47. The first-order chi connectivity index (χ1) is 16.3. The van der Waals surface area contributed by atoms with Gasteiger partial charge in [0.1, 0.15) is 16.6 Å². The Morgan fingerprint density at radius 2 is 1.85 bits per heavy atom. The van der Waals surface area contributed by atoms with Crippen LogP contribution < -0.4 is 16.0 Å². The molecule has 0 fully saturated rings. The summed E-state index contributed by atoms with van der Waals surface area (Å²) in [6.07, 6.45) is 1.70. The predicted octanol–water partition coefficient (Wildman–Crippen LogP) is 5.15. The minimum atomic E-state index is -0.509. The number of nitrogens with one attached hydrogen (secondary N) is 4. The summed E-state index contributed by atoms with van der Waals surface area (Å²) in [5, 5.41) is 9.70. The molecule has 8 nitrogen and oxygen atoms in total. The fourth-order valence-corrected chi connectivity index (χ4v) is 4.89. The molecular weight excluding hydrogens is 455 g/mol. The third-order valence-electron chi connectivity index (χ3n) is 5.57. The Balaban J connectivity index is 1.43. The highest BCUT2D eigenvalue weighted by Gasteiger charge is 2.28. The first-order valence-corrected chi connectivity index (χ1v) is 11.4. The van der Waals surface area contributed by atoms with Gasteiger partial charge in [-0.2, -0.15) is 0 Å². The van der Waals surface area contributed by atoms with Gasteiger partial charge >= 0.3 is 6.03 Å². The molecule has 1 aliphatic rings. The van der Waals surface area contributed by atoms with Crippen molar-refractivity contribution in [2.75, 3.05) is 10.6 Å². The second-order valence-electron chi connectivity index (χ2n) is 8.03. The van der Waals surface area contributed by atoms with Crippen molar-refractivity contribution in [1.29, 1.82) is 0 Å². The zero-order valence-corrected chi connectivity index (χ0v) is 19.5. The van der Waals surface area contributed by atoms with Gasteiger partial charge in [0.15, 0.2) is 0 Å². The van der Waals surface area contributed by atoms with E-state index in [-0.39, 0.29) is 5.91 Å². The van der Waals surface area contributed by atoms with E-state index < -0.39 is 11.8 Å². The largest absolute Gasteiger partial charge is 0.348 e. The van der Waals surface area contributed by atoms with Crippen LogP contribution in [-0.2, 0) is 6.54 Å². The lowest BCUT2D eigenvalue weighted by Gasteiger charge is -2.13. The maximum absolute atomic E-state index is 15.2. The van der Waals surface area contributed by atoms with Crippen LogP contribution in [0.4, 0.5) is 19.9 Å². The zero-order valence-electron chi connectivity index (χ0n) is 18.7. The van der Waals surface area contributed by atoms with Gasteiger partial charge in [-0.3, -0.25) is 10.1 Å². The molecule has 0 aliphatic carbocycles. The zero-order chi connectivity index (χ0) is 24.0. The van der Waals surface area contributed by atoms with Crippen LogP contribution in [0.25, 0.3) is 22.5 Å². The van der Waals surface area contributed by atoms with Gasteiger partial charge in [-0.25, -0.2) is 19.2 Å².